The molecule has 3 aliphatic rings. The molecule has 1 aromatic carbocycles. The Morgan fingerprint density at radius 2 is 2.02 bits per heavy atom. The fourth-order valence-electron chi connectivity index (χ4n) is 6.71. The summed E-state index contributed by atoms with van der Waals surface area (Å²) in [5.41, 5.74) is 3.09. The summed E-state index contributed by atoms with van der Waals surface area (Å²) in [5, 5.41) is 13.7. The Morgan fingerprint density at radius 3 is 2.77 bits per heavy atom. The molecule has 2 saturated heterocycles. The number of aliphatic carboxylic acids is 1. The van der Waals surface area contributed by atoms with Crippen molar-refractivity contribution in [2.75, 3.05) is 59.0 Å². The molecule has 2 atom stereocenters. The number of methoxy groups -OCH3 is 2. The number of fused-ring (bicyclic) bond motifs is 1. The Kier molecular flexibility index (Phi) is 10.4. The predicted molar refractivity (Wildman–Crippen MR) is 162 cm³/mol. The highest BCUT2D eigenvalue weighted by Gasteiger charge is 2.38. The van der Waals surface area contributed by atoms with Crippen molar-refractivity contribution in [2.24, 2.45) is 0 Å². The van der Waals surface area contributed by atoms with E-state index in [0.29, 0.717) is 38.5 Å². The van der Waals surface area contributed by atoms with Gasteiger partial charge in [0, 0.05) is 62.3 Å². The molecule has 0 spiro atoms. The van der Waals surface area contributed by atoms with E-state index in [1.54, 1.807) is 7.11 Å². The van der Waals surface area contributed by atoms with Crippen LogP contribution < -0.4 is 14.8 Å². The highest BCUT2D eigenvalue weighted by atomic mass is 19.1. The lowest BCUT2D eigenvalue weighted by atomic mass is 9.75. The first kappa shape index (κ1) is 31.5. The topological polar surface area (TPSA) is 102 Å². The molecule has 1 aromatic heterocycles. The van der Waals surface area contributed by atoms with Crippen LogP contribution in [0.4, 0.5) is 10.2 Å². The van der Waals surface area contributed by atoms with Crippen LogP contribution in [0.1, 0.15) is 80.3 Å². The van der Waals surface area contributed by atoms with Crippen molar-refractivity contribution in [3.8, 4) is 11.5 Å². The van der Waals surface area contributed by atoms with Gasteiger partial charge in [-0.25, -0.2) is 9.37 Å². The molecule has 5 rings (SSSR count). The highest BCUT2D eigenvalue weighted by molar-refractivity contribution is 5.77. The molecular weight excluding hydrogens is 553 g/mol. The number of carboxylic acids is 1. The predicted octanol–water partition coefficient (Wildman–Crippen LogP) is 5.29. The standard InChI is InChI=1S/C33H46FN3O6/c1-33(11-16-42-17-12-33)22-18-26(30(41-3)27(34)19-22)29(32(38)39)37-14-10-24(21-37)43-15-6-4-5-8-23-20-28(40-2)25-9-7-13-35-31(25)36-23/h18-20,24,29H,4-17,21H2,1-3H3,(H,35,36)(H,38,39)/t24-,29?/m1/s1. The number of benzene rings is 1. The molecule has 2 aromatic rings. The summed E-state index contributed by atoms with van der Waals surface area (Å²) in [7, 11) is 3.11. The van der Waals surface area contributed by atoms with E-state index < -0.39 is 17.8 Å². The summed E-state index contributed by atoms with van der Waals surface area (Å²) in [4.78, 5) is 19.3. The quantitative estimate of drug-likeness (QED) is 0.297. The lowest BCUT2D eigenvalue weighted by Crippen LogP contribution is -2.35. The van der Waals surface area contributed by atoms with Gasteiger partial charge in [0.2, 0.25) is 0 Å². The van der Waals surface area contributed by atoms with Gasteiger partial charge in [-0.05, 0) is 74.5 Å². The minimum atomic E-state index is -1.02. The zero-order chi connectivity index (χ0) is 30.4. The summed E-state index contributed by atoms with van der Waals surface area (Å²) < 4.78 is 38.0. The molecule has 1 unspecified atom stereocenters. The molecule has 2 N–H and O–H groups in total. The number of likely N-dealkylation sites (tertiary alicyclic amines) is 1. The largest absolute Gasteiger partial charge is 0.496 e. The number of unbranched alkanes of at least 4 members (excludes halogenated alkanes) is 2. The second-order valence-electron chi connectivity index (χ2n) is 12.3. The van der Waals surface area contributed by atoms with E-state index in [1.807, 2.05) is 11.0 Å². The average molecular weight is 600 g/mol. The second kappa shape index (κ2) is 14.2. The van der Waals surface area contributed by atoms with Gasteiger partial charge in [-0.1, -0.05) is 13.3 Å². The van der Waals surface area contributed by atoms with Crippen molar-refractivity contribution < 1.29 is 33.2 Å². The van der Waals surface area contributed by atoms with Crippen molar-refractivity contribution in [3.63, 3.8) is 0 Å². The van der Waals surface area contributed by atoms with Crippen LogP contribution in [-0.2, 0) is 32.5 Å². The van der Waals surface area contributed by atoms with Gasteiger partial charge in [0.1, 0.15) is 17.6 Å². The number of anilines is 1. The third kappa shape index (κ3) is 7.24. The number of carbonyl (C=O) groups is 1. The van der Waals surface area contributed by atoms with Crippen LogP contribution in [0.15, 0.2) is 18.2 Å². The van der Waals surface area contributed by atoms with Crippen LogP contribution in [0.3, 0.4) is 0 Å². The molecule has 10 heteroatoms. The van der Waals surface area contributed by atoms with E-state index in [0.717, 1.165) is 87.2 Å². The van der Waals surface area contributed by atoms with Crippen LogP contribution >= 0.6 is 0 Å². The van der Waals surface area contributed by atoms with Gasteiger partial charge in [0.25, 0.3) is 0 Å². The van der Waals surface area contributed by atoms with E-state index in [4.69, 9.17) is 23.9 Å². The number of halogens is 1. The summed E-state index contributed by atoms with van der Waals surface area (Å²) in [6.07, 6.45) is 8.08. The Bertz CT molecular complexity index is 1250. The van der Waals surface area contributed by atoms with Crippen molar-refractivity contribution in [3.05, 3.63) is 46.4 Å². The van der Waals surface area contributed by atoms with Crippen LogP contribution in [0, 0.1) is 5.82 Å². The van der Waals surface area contributed by atoms with Crippen LogP contribution in [0.5, 0.6) is 11.5 Å². The molecule has 0 radical (unpaired) electrons. The van der Waals surface area contributed by atoms with E-state index in [1.165, 1.54) is 18.7 Å². The van der Waals surface area contributed by atoms with Crippen LogP contribution in [0.25, 0.3) is 0 Å². The molecule has 0 aliphatic carbocycles. The number of hydrogen-bond acceptors (Lipinski definition) is 8. The summed E-state index contributed by atoms with van der Waals surface area (Å²) in [6.45, 7) is 5.89. The first-order valence-electron chi connectivity index (χ1n) is 15.7. The fourth-order valence-corrected chi connectivity index (χ4v) is 6.71. The molecule has 2 fully saturated rings. The van der Waals surface area contributed by atoms with E-state index in [2.05, 4.69) is 18.3 Å². The number of ether oxygens (including phenoxy) is 4. The average Bonchev–Trinajstić information content (AvgIpc) is 3.46. The second-order valence-corrected chi connectivity index (χ2v) is 12.3. The third-order valence-electron chi connectivity index (χ3n) is 9.32. The number of aromatic nitrogens is 1. The molecule has 0 saturated carbocycles. The van der Waals surface area contributed by atoms with E-state index in [-0.39, 0.29) is 17.3 Å². The number of nitrogens with one attached hydrogen (secondary N) is 1. The first-order chi connectivity index (χ1) is 20.8. The van der Waals surface area contributed by atoms with E-state index in [9.17, 15) is 9.90 Å². The maximum absolute atomic E-state index is 15.3. The SMILES string of the molecule is COc1cc(CCCCCO[C@@H]2CCN(C(C(=O)O)c3cc(C4(C)CCOCC4)cc(F)c3OC)C2)nc2c1CCCN2. The molecule has 0 bridgehead atoms. The van der Waals surface area contributed by atoms with Crippen molar-refractivity contribution >= 4 is 11.8 Å². The van der Waals surface area contributed by atoms with Gasteiger partial charge in [-0.3, -0.25) is 9.69 Å². The molecule has 43 heavy (non-hydrogen) atoms. The highest BCUT2D eigenvalue weighted by Crippen LogP contribution is 2.41. The molecular formula is C33H46FN3O6. The van der Waals surface area contributed by atoms with Gasteiger partial charge >= 0.3 is 5.97 Å². The zero-order valence-corrected chi connectivity index (χ0v) is 25.8. The smallest absolute Gasteiger partial charge is 0.325 e. The summed E-state index contributed by atoms with van der Waals surface area (Å²) in [6, 6.07) is 4.38. The summed E-state index contributed by atoms with van der Waals surface area (Å²) >= 11 is 0. The Morgan fingerprint density at radius 1 is 1.21 bits per heavy atom. The van der Waals surface area contributed by atoms with Gasteiger partial charge in [-0.15, -0.1) is 0 Å². The van der Waals surface area contributed by atoms with Crippen molar-refractivity contribution in [1.29, 1.82) is 0 Å². The van der Waals surface area contributed by atoms with Crippen molar-refractivity contribution in [2.45, 2.75) is 82.3 Å². The minimum Gasteiger partial charge on any atom is -0.496 e. The fraction of sp³-hybridized carbons (Fsp3) is 0.636. The minimum absolute atomic E-state index is 0.00186. The third-order valence-corrected chi connectivity index (χ3v) is 9.32. The summed E-state index contributed by atoms with van der Waals surface area (Å²) in [5.74, 6) is 0.333. The van der Waals surface area contributed by atoms with Gasteiger partial charge < -0.3 is 29.4 Å². The maximum Gasteiger partial charge on any atom is 0.325 e. The van der Waals surface area contributed by atoms with Gasteiger partial charge in [0.05, 0.1) is 20.3 Å². The van der Waals surface area contributed by atoms with Gasteiger partial charge in [0.15, 0.2) is 11.6 Å². The normalized spacial score (nSPS) is 20.7. The maximum atomic E-state index is 15.3. The van der Waals surface area contributed by atoms with Crippen molar-refractivity contribution in [1.82, 2.24) is 9.88 Å². The number of carboxylic acid groups (broad SMARTS) is 1. The van der Waals surface area contributed by atoms with E-state index >= 15 is 4.39 Å². The number of hydrogen-bond donors (Lipinski definition) is 2. The molecule has 3 aliphatic heterocycles. The zero-order valence-electron chi connectivity index (χ0n) is 25.8. The molecule has 4 heterocycles. The Labute approximate surface area is 254 Å². The van der Waals surface area contributed by atoms with Gasteiger partial charge in [-0.2, -0.15) is 0 Å². The number of nitrogens with zero attached hydrogens (tertiary/aromatic N) is 2. The first-order valence-corrected chi connectivity index (χ1v) is 15.7. The lowest BCUT2D eigenvalue weighted by molar-refractivity contribution is -0.143. The number of rotatable bonds is 13. The number of aryl methyl sites for hydroxylation is 1. The van der Waals surface area contributed by atoms with Crippen LogP contribution in [0.2, 0.25) is 0 Å². The number of pyridine rings is 1. The molecule has 9 nitrogen and oxygen atoms in total. The Hall–Kier alpha value is -2.95. The monoisotopic (exact) mass is 599 g/mol. The molecule has 236 valence electrons. The molecule has 0 amide bonds. The lowest BCUT2D eigenvalue weighted by Gasteiger charge is -2.35. The van der Waals surface area contributed by atoms with Crippen LogP contribution in [-0.4, -0.2) is 80.7 Å². The Balaban J connectivity index is 1.14.